The maximum absolute atomic E-state index is 6.02. The molecule has 0 aromatic heterocycles. The van der Waals surface area contributed by atoms with E-state index in [-0.39, 0.29) is 5.60 Å². The van der Waals surface area contributed by atoms with Gasteiger partial charge in [-0.2, -0.15) is 0 Å². The van der Waals surface area contributed by atoms with Crippen LogP contribution in [0.3, 0.4) is 0 Å². The van der Waals surface area contributed by atoms with Crippen molar-refractivity contribution in [3.05, 3.63) is 29.8 Å². The second-order valence-electron chi connectivity index (χ2n) is 5.93. The second kappa shape index (κ2) is 6.29. The van der Waals surface area contributed by atoms with Gasteiger partial charge in [-0.05, 0) is 58.4 Å². The number of thioether (sulfide) groups is 1. The molecule has 0 spiro atoms. The molecular weight excluding hydrogens is 254 g/mol. The summed E-state index contributed by atoms with van der Waals surface area (Å²) in [5.41, 5.74) is 1.42. The highest BCUT2D eigenvalue weighted by molar-refractivity contribution is 7.99. The first kappa shape index (κ1) is 14.9. The Hall–Kier alpha value is -0.510. The van der Waals surface area contributed by atoms with Crippen molar-refractivity contribution in [2.45, 2.75) is 56.3 Å². The molecule has 1 aromatic rings. The first-order valence-electron chi connectivity index (χ1n) is 7.08. The minimum Gasteiger partial charge on any atom is -0.371 e. The Balaban J connectivity index is 1.84. The van der Waals surface area contributed by atoms with Crippen molar-refractivity contribution >= 4 is 11.8 Å². The lowest BCUT2D eigenvalue weighted by Crippen LogP contribution is -2.21. The predicted molar refractivity (Wildman–Crippen MR) is 82.8 cm³/mol. The van der Waals surface area contributed by atoms with Gasteiger partial charge >= 0.3 is 0 Å². The average Bonchev–Trinajstić information content (AvgIpc) is 2.76. The summed E-state index contributed by atoms with van der Waals surface area (Å²) < 4.78 is 6.02. The second-order valence-corrected chi connectivity index (χ2v) is 7.02. The fourth-order valence-corrected chi connectivity index (χ4v) is 3.35. The normalized spacial score (nSPS) is 23.5. The molecule has 0 aliphatic carbocycles. The van der Waals surface area contributed by atoms with E-state index in [2.05, 4.69) is 50.4 Å². The molecule has 19 heavy (non-hydrogen) atoms. The molecule has 1 N–H and O–H groups in total. The van der Waals surface area contributed by atoms with E-state index >= 15 is 0 Å². The summed E-state index contributed by atoms with van der Waals surface area (Å²) in [5, 5.41) is 3.26. The molecule has 1 aliphatic heterocycles. The molecule has 0 radical (unpaired) electrons. The Kier molecular flexibility index (Phi) is 4.93. The van der Waals surface area contributed by atoms with E-state index in [0.717, 1.165) is 5.75 Å². The lowest BCUT2D eigenvalue weighted by molar-refractivity contribution is -0.00466. The summed E-state index contributed by atoms with van der Waals surface area (Å²) in [4.78, 5) is 1.33. The molecule has 2 unspecified atom stereocenters. The van der Waals surface area contributed by atoms with Crippen molar-refractivity contribution in [3.8, 4) is 0 Å². The highest BCUT2D eigenvalue weighted by atomic mass is 32.2. The summed E-state index contributed by atoms with van der Waals surface area (Å²) in [5.74, 6) is 1.06. The molecule has 1 fully saturated rings. The summed E-state index contributed by atoms with van der Waals surface area (Å²) in [6.45, 7) is 6.55. The third-order valence-corrected chi connectivity index (χ3v) is 4.95. The SMILES string of the molecule is CNC(C)c1ccc(SCC2CCC(C)(C)O2)cc1. The van der Waals surface area contributed by atoms with Gasteiger partial charge in [0.1, 0.15) is 0 Å². The summed E-state index contributed by atoms with van der Waals surface area (Å²) in [6, 6.07) is 9.27. The molecule has 1 aliphatic rings. The monoisotopic (exact) mass is 279 g/mol. The largest absolute Gasteiger partial charge is 0.371 e. The Labute approximate surface area is 121 Å². The van der Waals surface area contributed by atoms with Crippen LogP contribution in [0, 0.1) is 0 Å². The van der Waals surface area contributed by atoms with Gasteiger partial charge in [0.2, 0.25) is 0 Å². The van der Waals surface area contributed by atoms with Crippen LogP contribution in [0.2, 0.25) is 0 Å². The van der Waals surface area contributed by atoms with Crippen LogP contribution in [0.5, 0.6) is 0 Å². The standard InChI is InChI=1S/C16H25NOS/c1-12(17-4)13-5-7-15(8-6-13)19-11-14-9-10-16(2,3)18-14/h5-8,12,14,17H,9-11H2,1-4H3. The van der Waals surface area contributed by atoms with Crippen molar-refractivity contribution in [1.82, 2.24) is 5.32 Å². The van der Waals surface area contributed by atoms with Crippen LogP contribution in [0.4, 0.5) is 0 Å². The van der Waals surface area contributed by atoms with Gasteiger partial charge in [0.25, 0.3) is 0 Å². The number of nitrogens with one attached hydrogen (secondary N) is 1. The number of benzene rings is 1. The minimum absolute atomic E-state index is 0.0807. The molecule has 0 bridgehead atoms. The van der Waals surface area contributed by atoms with Gasteiger partial charge in [-0.15, -0.1) is 11.8 Å². The summed E-state index contributed by atoms with van der Waals surface area (Å²) in [7, 11) is 1.99. The van der Waals surface area contributed by atoms with Gasteiger partial charge < -0.3 is 10.1 Å². The first-order chi connectivity index (χ1) is 9.00. The number of ether oxygens (including phenoxy) is 1. The quantitative estimate of drug-likeness (QED) is 0.823. The van der Waals surface area contributed by atoms with Crippen LogP contribution in [-0.4, -0.2) is 24.5 Å². The number of hydrogen-bond acceptors (Lipinski definition) is 3. The van der Waals surface area contributed by atoms with Gasteiger partial charge in [0.15, 0.2) is 0 Å². The van der Waals surface area contributed by atoms with Crippen LogP contribution in [0.25, 0.3) is 0 Å². The van der Waals surface area contributed by atoms with Gasteiger partial charge in [-0.1, -0.05) is 12.1 Å². The molecule has 2 atom stereocenters. The van der Waals surface area contributed by atoms with E-state index < -0.39 is 0 Å². The summed E-state index contributed by atoms with van der Waals surface area (Å²) >= 11 is 1.90. The van der Waals surface area contributed by atoms with Gasteiger partial charge in [0.05, 0.1) is 11.7 Å². The first-order valence-corrected chi connectivity index (χ1v) is 8.06. The van der Waals surface area contributed by atoms with E-state index in [1.807, 2.05) is 18.8 Å². The number of rotatable bonds is 5. The van der Waals surface area contributed by atoms with Crippen LogP contribution >= 0.6 is 11.8 Å². The Bertz CT molecular complexity index is 402. The van der Waals surface area contributed by atoms with Crippen LogP contribution < -0.4 is 5.32 Å². The Morgan fingerprint density at radius 1 is 1.37 bits per heavy atom. The van der Waals surface area contributed by atoms with Crippen molar-refractivity contribution in [3.63, 3.8) is 0 Å². The van der Waals surface area contributed by atoms with Crippen molar-refractivity contribution in [1.29, 1.82) is 0 Å². The lowest BCUT2D eigenvalue weighted by atomic mass is 10.1. The van der Waals surface area contributed by atoms with E-state index in [9.17, 15) is 0 Å². The highest BCUT2D eigenvalue weighted by Crippen LogP contribution is 2.32. The molecule has 0 amide bonds. The van der Waals surface area contributed by atoms with Crippen LogP contribution in [-0.2, 0) is 4.74 Å². The molecule has 2 nitrogen and oxygen atoms in total. The zero-order valence-electron chi connectivity index (χ0n) is 12.4. The van der Waals surface area contributed by atoms with Crippen LogP contribution in [0.15, 0.2) is 29.2 Å². The third kappa shape index (κ3) is 4.23. The fraction of sp³-hybridized carbons (Fsp3) is 0.625. The molecule has 106 valence electrons. The van der Waals surface area contributed by atoms with E-state index in [1.54, 1.807) is 0 Å². The zero-order chi connectivity index (χ0) is 13.9. The molecule has 1 saturated heterocycles. The maximum Gasteiger partial charge on any atom is 0.0677 e. The van der Waals surface area contributed by atoms with Gasteiger partial charge in [0, 0.05) is 16.7 Å². The minimum atomic E-state index is 0.0807. The van der Waals surface area contributed by atoms with Gasteiger partial charge in [-0.25, -0.2) is 0 Å². The molecular formula is C16H25NOS. The van der Waals surface area contributed by atoms with Crippen molar-refractivity contribution < 1.29 is 4.74 Å². The molecule has 3 heteroatoms. The highest BCUT2D eigenvalue weighted by Gasteiger charge is 2.31. The fourth-order valence-electron chi connectivity index (χ4n) is 2.40. The van der Waals surface area contributed by atoms with E-state index in [4.69, 9.17) is 4.74 Å². The molecule has 0 saturated carbocycles. The Morgan fingerprint density at radius 3 is 2.58 bits per heavy atom. The average molecular weight is 279 g/mol. The summed E-state index contributed by atoms with van der Waals surface area (Å²) in [6.07, 6.45) is 2.78. The maximum atomic E-state index is 6.02. The lowest BCUT2D eigenvalue weighted by Gasteiger charge is -2.19. The topological polar surface area (TPSA) is 21.3 Å². The zero-order valence-corrected chi connectivity index (χ0v) is 13.2. The third-order valence-electron chi connectivity index (χ3n) is 3.80. The van der Waals surface area contributed by atoms with Crippen LogP contribution in [0.1, 0.15) is 45.2 Å². The van der Waals surface area contributed by atoms with Crippen molar-refractivity contribution in [2.24, 2.45) is 0 Å². The molecule has 1 heterocycles. The molecule has 1 aromatic carbocycles. The Morgan fingerprint density at radius 2 is 2.05 bits per heavy atom. The molecule has 2 rings (SSSR count). The van der Waals surface area contributed by atoms with E-state index in [1.165, 1.54) is 23.3 Å². The van der Waals surface area contributed by atoms with E-state index in [0.29, 0.717) is 12.1 Å². The smallest absolute Gasteiger partial charge is 0.0677 e. The number of hydrogen-bond donors (Lipinski definition) is 1. The predicted octanol–water partition coefficient (Wildman–Crippen LogP) is 4.02. The van der Waals surface area contributed by atoms with Crippen molar-refractivity contribution in [2.75, 3.05) is 12.8 Å². The van der Waals surface area contributed by atoms with Gasteiger partial charge in [-0.3, -0.25) is 0 Å².